The number of fused-ring (bicyclic) bond motifs is 1. The highest BCUT2D eigenvalue weighted by atomic mass is 35.5. The summed E-state index contributed by atoms with van der Waals surface area (Å²) >= 11 is 5.61. The Morgan fingerprint density at radius 1 is 1.32 bits per heavy atom. The van der Waals surface area contributed by atoms with Gasteiger partial charge in [0.05, 0.1) is 23.5 Å². The Hall–Kier alpha value is -2.93. The van der Waals surface area contributed by atoms with Gasteiger partial charge >= 0.3 is 12.2 Å². The number of nitrogens with two attached hydrogens (primary N) is 1. The molecule has 0 unspecified atom stereocenters. The summed E-state index contributed by atoms with van der Waals surface area (Å²) in [6, 6.07) is 2.61. The van der Waals surface area contributed by atoms with Crippen LogP contribution in [0, 0.1) is 0 Å². The molecule has 3 atom stereocenters. The van der Waals surface area contributed by atoms with Gasteiger partial charge in [-0.3, -0.25) is 4.57 Å². The van der Waals surface area contributed by atoms with Crippen LogP contribution in [0.5, 0.6) is 11.8 Å². The van der Waals surface area contributed by atoms with Crippen LogP contribution in [0.15, 0.2) is 36.7 Å². The first kappa shape index (κ1) is 21.3. The average molecular weight is 458 g/mol. The van der Waals surface area contributed by atoms with Crippen LogP contribution in [-0.4, -0.2) is 48.5 Å². The predicted molar refractivity (Wildman–Crippen MR) is 102 cm³/mol. The molecule has 2 aromatic heterocycles. The first-order valence-corrected chi connectivity index (χ1v) is 9.15. The van der Waals surface area contributed by atoms with E-state index in [1.54, 1.807) is 0 Å². The molecule has 164 valence electrons. The fourth-order valence-electron chi connectivity index (χ4n) is 3.12. The first-order chi connectivity index (χ1) is 14.6. The summed E-state index contributed by atoms with van der Waals surface area (Å²) in [6.07, 6.45) is -6.35. The molecule has 9 nitrogen and oxygen atoms in total. The van der Waals surface area contributed by atoms with E-state index in [0.29, 0.717) is 6.07 Å². The molecule has 3 heterocycles. The van der Waals surface area contributed by atoms with Gasteiger partial charge in [0.25, 0.3) is 0 Å². The SMILES string of the molecule is C=C1[C@@H](O)[C@H](n2cnc3c(N)nc(Oc4ccc(Cl)c(C(F)(F)F)c4)nc32)O[C@@H]1CO. The zero-order chi connectivity index (χ0) is 22.5. The summed E-state index contributed by atoms with van der Waals surface area (Å²) < 4.78 is 51.6. The van der Waals surface area contributed by atoms with Crippen molar-refractivity contribution in [2.24, 2.45) is 0 Å². The molecule has 0 saturated carbocycles. The molecule has 3 aromatic rings. The molecule has 0 bridgehead atoms. The molecule has 13 heteroatoms. The number of imidazole rings is 1. The van der Waals surface area contributed by atoms with Crippen molar-refractivity contribution in [3.05, 3.63) is 47.3 Å². The van der Waals surface area contributed by atoms with Crippen LogP contribution in [0.2, 0.25) is 5.02 Å². The number of rotatable bonds is 4. The van der Waals surface area contributed by atoms with Gasteiger partial charge in [-0.1, -0.05) is 18.2 Å². The third-order valence-electron chi connectivity index (χ3n) is 4.69. The van der Waals surface area contributed by atoms with E-state index in [2.05, 4.69) is 21.5 Å². The fourth-order valence-corrected chi connectivity index (χ4v) is 3.35. The van der Waals surface area contributed by atoms with Crippen molar-refractivity contribution in [3.63, 3.8) is 0 Å². The van der Waals surface area contributed by atoms with Crippen LogP contribution in [0.25, 0.3) is 11.2 Å². The molecular formula is C18H15ClF3N5O4. The van der Waals surface area contributed by atoms with E-state index < -0.39 is 35.2 Å². The highest BCUT2D eigenvalue weighted by Crippen LogP contribution is 2.38. The van der Waals surface area contributed by atoms with E-state index in [4.69, 9.17) is 26.8 Å². The lowest BCUT2D eigenvalue weighted by Crippen LogP contribution is -2.20. The molecule has 31 heavy (non-hydrogen) atoms. The number of nitrogens with zero attached hydrogens (tertiary/aromatic N) is 4. The smallest absolute Gasteiger partial charge is 0.417 e. The minimum Gasteiger partial charge on any atom is -0.424 e. The lowest BCUT2D eigenvalue weighted by Gasteiger charge is -2.16. The Morgan fingerprint density at radius 2 is 2.06 bits per heavy atom. The monoisotopic (exact) mass is 457 g/mol. The van der Waals surface area contributed by atoms with E-state index in [0.717, 1.165) is 6.07 Å². The van der Waals surface area contributed by atoms with Crippen LogP contribution in [0.4, 0.5) is 19.0 Å². The van der Waals surface area contributed by atoms with Gasteiger partial charge in [0.1, 0.15) is 18.0 Å². The normalized spacial score (nSPS) is 21.7. The second kappa shape index (κ2) is 7.64. The van der Waals surface area contributed by atoms with Gasteiger partial charge in [-0.25, -0.2) is 4.98 Å². The minimum atomic E-state index is -4.68. The zero-order valence-corrected chi connectivity index (χ0v) is 16.3. The summed E-state index contributed by atoms with van der Waals surface area (Å²) in [7, 11) is 0. The van der Waals surface area contributed by atoms with E-state index in [9.17, 15) is 23.4 Å². The Bertz CT molecular complexity index is 1170. The fraction of sp³-hybridized carbons (Fsp3) is 0.278. The average Bonchev–Trinajstić information content (AvgIpc) is 3.24. The third-order valence-corrected chi connectivity index (χ3v) is 5.02. The van der Waals surface area contributed by atoms with Gasteiger partial charge in [0, 0.05) is 0 Å². The van der Waals surface area contributed by atoms with Crippen molar-refractivity contribution >= 4 is 28.6 Å². The molecule has 1 aliphatic heterocycles. The van der Waals surface area contributed by atoms with Crippen molar-refractivity contribution in [1.82, 2.24) is 19.5 Å². The maximum Gasteiger partial charge on any atom is 0.417 e. The highest BCUT2D eigenvalue weighted by Gasteiger charge is 2.39. The molecule has 1 aromatic carbocycles. The number of alkyl halides is 3. The molecule has 0 radical (unpaired) electrons. The summed E-state index contributed by atoms with van der Waals surface area (Å²) in [5.41, 5.74) is 5.34. The largest absolute Gasteiger partial charge is 0.424 e. The van der Waals surface area contributed by atoms with Crippen LogP contribution in [0.1, 0.15) is 11.8 Å². The second-order valence-electron chi connectivity index (χ2n) is 6.67. The number of benzene rings is 1. The summed E-state index contributed by atoms with van der Waals surface area (Å²) in [5, 5.41) is 19.3. The maximum atomic E-state index is 13.1. The predicted octanol–water partition coefficient (Wildman–Crippen LogP) is 2.68. The molecule has 1 fully saturated rings. The number of aromatic nitrogens is 4. The van der Waals surface area contributed by atoms with Crippen molar-refractivity contribution in [1.29, 1.82) is 0 Å². The standard InChI is InChI=1S/C18H15ClF3N5O4/c1-7-11(5-28)31-16(13(7)29)27-6-24-12-14(23)25-17(26-15(12)27)30-8-2-3-10(19)9(4-8)18(20,21)22/h2-4,6,11,13,16,28-29H,1,5H2,(H2,23,25,26)/t11-,13-,16-/m1/s1. The molecule has 1 aliphatic rings. The quantitative estimate of drug-likeness (QED) is 0.510. The van der Waals surface area contributed by atoms with Gasteiger partial charge in [0.2, 0.25) is 0 Å². The molecule has 0 amide bonds. The van der Waals surface area contributed by atoms with Crippen LogP contribution in [-0.2, 0) is 10.9 Å². The summed E-state index contributed by atoms with van der Waals surface area (Å²) in [4.78, 5) is 12.1. The van der Waals surface area contributed by atoms with E-state index in [-0.39, 0.29) is 40.9 Å². The van der Waals surface area contributed by atoms with Gasteiger partial charge in [-0.05, 0) is 23.8 Å². The van der Waals surface area contributed by atoms with Crippen LogP contribution >= 0.6 is 11.6 Å². The van der Waals surface area contributed by atoms with E-state index in [1.165, 1.54) is 17.0 Å². The maximum absolute atomic E-state index is 13.1. The number of aliphatic hydroxyl groups excluding tert-OH is 2. The number of ether oxygens (including phenoxy) is 2. The Balaban J connectivity index is 1.72. The van der Waals surface area contributed by atoms with Crippen LogP contribution in [0.3, 0.4) is 0 Å². The van der Waals surface area contributed by atoms with E-state index >= 15 is 0 Å². The Morgan fingerprint density at radius 3 is 2.71 bits per heavy atom. The summed E-state index contributed by atoms with van der Waals surface area (Å²) in [6.45, 7) is 3.31. The van der Waals surface area contributed by atoms with Gasteiger partial charge < -0.3 is 25.4 Å². The highest BCUT2D eigenvalue weighted by molar-refractivity contribution is 6.31. The molecule has 4 rings (SSSR count). The Kier molecular flexibility index (Phi) is 5.25. The third kappa shape index (κ3) is 3.78. The number of hydrogen-bond acceptors (Lipinski definition) is 8. The first-order valence-electron chi connectivity index (χ1n) is 8.78. The number of hydrogen-bond donors (Lipinski definition) is 3. The lowest BCUT2D eigenvalue weighted by molar-refractivity contribution is -0.137. The number of halogens is 4. The molecular weight excluding hydrogens is 443 g/mol. The van der Waals surface area contributed by atoms with Crippen molar-refractivity contribution < 1.29 is 32.9 Å². The summed E-state index contributed by atoms with van der Waals surface area (Å²) in [5.74, 6) is -0.318. The van der Waals surface area contributed by atoms with E-state index in [1.807, 2.05) is 0 Å². The number of nitrogen functional groups attached to an aromatic ring is 1. The number of aliphatic hydroxyl groups is 2. The zero-order valence-electron chi connectivity index (χ0n) is 15.5. The van der Waals surface area contributed by atoms with Crippen molar-refractivity contribution in [2.75, 3.05) is 12.3 Å². The minimum absolute atomic E-state index is 0.1000. The number of anilines is 1. The van der Waals surface area contributed by atoms with Crippen LogP contribution < -0.4 is 10.5 Å². The molecule has 4 N–H and O–H groups in total. The topological polar surface area (TPSA) is 129 Å². The van der Waals surface area contributed by atoms with Crippen molar-refractivity contribution in [3.8, 4) is 11.8 Å². The molecule has 0 spiro atoms. The van der Waals surface area contributed by atoms with Gasteiger partial charge in [-0.15, -0.1) is 0 Å². The Labute approximate surface area is 177 Å². The molecule has 0 aliphatic carbocycles. The second-order valence-corrected chi connectivity index (χ2v) is 7.08. The molecule has 1 saturated heterocycles. The lowest BCUT2D eigenvalue weighted by atomic mass is 10.1. The van der Waals surface area contributed by atoms with Crippen molar-refractivity contribution in [2.45, 2.75) is 24.6 Å². The van der Waals surface area contributed by atoms with Gasteiger partial charge in [0.15, 0.2) is 23.2 Å². The van der Waals surface area contributed by atoms with Gasteiger partial charge in [-0.2, -0.15) is 23.1 Å².